The molecule has 1 N–H and O–H groups in total. The Kier molecular flexibility index (Phi) is 3.89. The van der Waals surface area contributed by atoms with Gasteiger partial charge in [0.25, 0.3) is 5.91 Å². The number of benzene rings is 1. The number of hydrogen-bond acceptors (Lipinski definition) is 2. The third-order valence-corrected chi connectivity index (χ3v) is 3.28. The Bertz CT molecular complexity index is 649. The molecule has 1 aromatic carbocycles. The number of anilines is 1. The van der Waals surface area contributed by atoms with Crippen molar-refractivity contribution < 1.29 is 22.4 Å². The zero-order valence-electron chi connectivity index (χ0n) is 10.2. The molecule has 0 unspecified atom stereocenters. The van der Waals surface area contributed by atoms with E-state index in [9.17, 15) is 18.0 Å². The molecule has 106 valence electrons. The van der Waals surface area contributed by atoms with Gasteiger partial charge in [-0.15, -0.1) is 0 Å². The summed E-state index contributed by atoms with van der Waals surface area (Å²) < 4.78 is 43.4. The lowest BCUT2D eigenvalue weighted by Gasteiger charge is -2.12. The smallest absolute Gasteiger partial charge is 0.416 e. The van der Waals surface area contributed by atoms with E-state index in [-0.39, 0.29) is 21.5 Å². The van der Waals surface area contributed by atoms with Crippen LogP contribution in [-0.2, 0) is 6.18 Å². The molecule has 0 radical (unpaired) electrons. The standard InChI is InChI=1S/C13H9BrF3NO2/c1-7-2-3-8(6-10(7)13(15,16)17)18-12(19)9-4-5-20-11(9)14/h2-6H,1H3,(H,18,19). The molecule has 0 fully saturated rings. The lowest BCUT2D eigenvalue weighted by Crippen LogP contribution is -2.13. The fraction of sp³-hybridized carbons (Fsp3) is 0.154. The monoisotopic (exact) mass is 347 g/mol. The van der Waals surface area contributed by atoms with E-state index in [1.807, 2.05) is 0 Å². The summed E-state index contributed by atoms with van der Waals surface area (Å²) in [5.74, 6) is -0.553. The van der Waals surface area contributed by atoms with Crippen molar-refractivity contribution in [2.45, 2.75) is 13.1 Å². The number of carbonyl (C=O) groups is 1. The number of nitrogens with one attached hydrogen (secondary N) is 1. The molecule has 1 aromatic heterocycles. The third-order valence-electron chi connectivity index (χ3n) is 2.66. The van der Waals surface area contributed by atoms with Crippen molar-refractivity contribution >= 4 is 27.5 Å². The highest BCUT2D eigenvalue weighted by molar-refractivity contribution is 9.10. The van der Waals surface area contributed by atoms with E-state index >= 15 is 0 Å². The average Bonchev–Trinajstić information content (AvgIpc) is 2.76. The number of rotatable bonds is 2. The SMILES string of the molecule is Cc1ccc(NC(=O)c2ccoc2Br)cc1C(F)(F)F. The second-order valence-electron chi connectivity index (χ2n) is 4.09. The van der Waals surface area contributed by atoms with Gasteiger partial charge >= 0.3 is 6.18 Å². The fourth-order valence-electron chi connectivity index (χ4n) is 1.66. The molecule has 2 aromatic rings. The zero-order valence-corrected chi connectivity index (χ0v) is 11.8. The van der Waals surface area contributed by atoms with E-state index in [1.54, 1.807) is 0 Å². The Morgan fingerprint density at radius 2 is 2.00 bits per heavy atom. The van der Waals surface area contributed by atoms with Crippen molar-refractivity contribution in [2.75, 3.05) is 5.32 Å². The molecule has 0 saturated carbocycles. The largest absolute Gasteiger partial charge is 0.457 e. The summed E-state index contributed by atoms with van der Waals surface area (Å²) in [4.78, 5) is 11.9. The molecule has 0 aliphatic heterocycles. The minimum Gasteiger partial charge on any atom is -0.457 e. The maximum Gasteiger partial charge on any atom is 0.416 e. The van der Waals surface area contributed by atoms with Gasteiger partial charge in [-0.1, -0.05) is 6.07 Å². The number of alkyl halides is 3. The van der Waals surface area contributed by atoms with Gasteiger partial charge in [0.1, 0.15) is 0 Å². The van der Waals surface area contributed by atoms with Gasteiger partial charge in [-0.05, 0) is 46.6 Å². The van der Waals surface area contributed by atoms with Crippen LogP contribution in [0.25, 0.3) is 0 Å². The molecule has 3 nitrogen and oxygen atoms in total. The lowest BCUT2D eigenvalue weighted by molar-refractivity contribution is -0.138. The Morgan fingerprint density at radius 1 is 1.30 bits per heavy atom. The number of hydrogen-bond donors (Lipinski definition) is 1. The molecule has 0 atom stereocenters. The number of carbonyl (C=O) groups excluding carboxylic acids is 1. The summed E-state index contributed by atoms with van der Waals surface area (Å²) in [5, 5.41) is 2.40. The van der Waals surface area contributed by atoms with E-state index in [2.05, 4.69) is 21.2 Å². The van der Waals surface area contributed by atoms with Crippen molar-refractivity contribution in [3.63, 3.8) is 0 Å². The summed E-state index contributed by atoms with van der Waals surface area (Å²) in [6.07, 6.45) is -3.16. The average molecular weight is 348 g/mol. The minimum absolute atomic E-state index is 0.0704. The molecule has 2 rings (SSSR count). The van der Waals surface area contributed by atoms with Gasteiger partial charge in [-0.3, -0.25) is 4.79 Å². The van der Waals surface area contributed by atoms with Crippen LogP contribution in [0.4, 0.5) is 18.9 Å². The number of furan rings is 1. The second-order valence-corrected chi connectivity index (χ2v) is 4.81. The third kappa shape index (κ3) is 3.04. The van der Waals surface area contributed by atoms with Crippen LogP contribution in [0, 0.1) is 6.92 Å². The van der Waals surface area contributed by atoms with E-state index in [1.165, 1.54) is 31.4 Å². The van der Waals surface area contributed by atoms with Crippen molar-refractivity contribution in [1.82, 2.24) is 0 Å². The van der Waals surface area contributed by atoms with Crippen LogP contribution in [0.5, 0.6) is 0 Å². The maximum absolute atomic E-state index is 12.8. The first-order chi connectivity index (χ1) is 9.29. The molecule has 7 heteroatoms. The molecular weight excluding hydrogens is 339 g/mol. The first-order valence-electron chi connectivity index (χ1n) is 5.51. The molecule has 0 saturated heterocycles. The molecule has 20 heavy (non-hydrogen) atoms. The highest BCUT2D eigenvalue weighted by Crippen LogP contribution is 2.33. The van der Waals surface area contributed by atoms with Crippen LogP contribution < -0.4 is 5.32 Å². The Morgan fingerprint density at radius 3 is 2.55 bits per heavy atom. The first kappa shape index (κ1) is 14.6. The topological polar surface area (TPSA) is 42.2 Å². The lowest BCUT2D eigenvalue weighted by atomic mass is 10.1. The molecule has 0 aliphatic rings. The first-order valence-corrected chi connectivity index (χ1v) is 6.30. The molecule has 1 heterocycles. The summed E-state index contributed by atoms with van der Waals surface area (Å²) in [6, 6.07) is 5.04. The molecule has 0 bridgehead atoms. The molecule has 0 spiro atoms. The normalized spacial score (nSPS) is 11.4. The summed E-state index contributed by atoms with van der Waals surface area (Å²) in [7, 11) is 0. The van der Waals surface area contributed by atoms with Crippen LogP contribution >= 0.6 is 15.9 Å². The Labute approximate surface area is 120 Å². The van der Waals surface area contributed by atoms with Crippen LogP contribution in [0.3, 0.4) is 0 Å². The zero-order chi connectivity index (χ0) is 14.9. The van der Waals surface area contributed by atoms with Crippen LogP contribution in [0.2, 0.25) is 0 Å². The molecule has 0 aliphatic carbocycles. The number of aryl methyl sites for hydroxylation is 1. The number of halogens is 4. The van der Waals surface area contributed by atoms with Gasteiger partial charge < -0.3 is 9.73 Å². The predicted molar refractivity (Wildman–Crippen MR) is 70.5 cm³/mol. The highest BCUT2D eigenvalue weighted by atomic mass is 79.9. The Balaban J connectivity index is 2.27. The second kappa shape index (κ2) is 5.32. The van der Waals surface area contributed by atoms with Crippen LogP contribution in [0.1, 0.15) is 21.5 Å². The van der Waals surface area contributed by atoms with Gasteiger partial charge in [-0.2, -0.15) is 13.2 Å². The highest BCUT2D eigenvalue weighted by Gasteiger charge is 2.32. The van der Waals surface area contributed by atoms with Gasteiger partial charge in [0.15, 0.2) is 4.67 Å². The summed E-state index contributed by atoms with van der Waals surface area (Å²) >= 11 is 3.03. The van der Waals surface area contributed by atoms with E-state index < -0.39 is 17.6 Å². The van der Waals surface area contributed by atoms with Crippen molar-refractivity contribution in [1.29, 1.82) is 0 Å². The maximum atomic E-state index is 12.8. The van der Waals surface area contributed by atoms with E-state index in [0.717, 1.165) is 6.07 Å². The van der Waals surface area contributed by atoms with E-state index in [4.69, 9.17) is 4.42 Å². The van der Waals surface area contributed by atoms with Crippen molar-refractivity contribution in [3.05, 3.63) is 51.9 Å². The van der Waals surface area contributed by atoms with Crippen molar-refractivity contribution in [3.8, 4) is 0 Å². The Hall–Kier alpha value is -1.76. The predicted octanol–water partition coefficient (Wildman–Crippen LogP) is 4.62. The van der Waals surface area contributed by atoms with E-state index in [0.29, 0.717) is 0 Å². The quantitative estimate of drug-likeness (QED) is 0.860. The fourth-order valence-corrected chi connectivity index (χ4v) is 2.08. The molecule has 1 amide bonds. The van der Waals surface area contributed by atoms with Gasteiger partial charge in [-0.25, -0.2) is 0 Å². The molecular formula is C13H9BrF3NO2. The summed E-state index contributed by atoms with van der Waals surface area (Å²) in [6.45, 7) is 1.36. The minimum atomic E-state index is -4.46. The van der Waals surface area contributed by atoms with Gasteiger partial charge in [0, 0.05) is 5.69 Å². The van der Waals surface area contributed by atoms with Crippen LogP contribution in [-0.4, -0.2) is 5.91 Å². The summed E-state index contributed by atoms with van der Waals surface area (Å²) in [5.41, 5.74) is -0.401. The van der Waals surface area contributed by atoms with Gasteiger partial charge in [0.05, 0.1) is 17.4 Å². The van der Waals surface area contributed by atoms with Gasteiger partial charge in [0.2, 0.25) is 0 Å². The van der Waals surface area contributed by atoms with Crippen molar-refractivity contribution in [2.24, 2.45) is 0 Å². The number of amides is 1. The van der Waals surface area contributed by atoms with Crippen LogP contribution in [0.15, 0.2) is 39.6 Å².